The number of hydrogen-bond donors (Lipinski definition) is 1. The number of pyridine rings is 1. The monoisotopic (exact) mass is 261 g/mol. The minimum absolute atomic E-state index is 0.561. The van der Waals surface area contributed by atoms with Crippen LogP contribution in [-0.2, 0) is 6.54 Å². The zero-order chi connectivity index (χ0) is 13.8. The third kappa shape index (κ3) is 3.23. The fraction of sp³-hybridized carbons (Fsp3) is 0.571. The van der Waals surface area contributed by atoms with E-state index in [1.54, 1.807) is 6.20 Å². The first kappa shape index (κ1) is 13.8. The maximum atomic E-state index is 5.95. The molecule has 104 valence electrons. The Morgan fingerprint density at radius 2 is 2.16 bits per heavy atom. The van der Waals surface area contributed by atoms with E-state index in [0.717, 1.165) is 37.1 Å². The number of unbranched alkanes of at least 4 members (excludes halogenated alkanes) is 1. The van der Waals surface area contributed by atoms with Crippen molar-refractivity contribution in [1.29, 1.82) is 0 Å². The molecule has 0 atom stereocenters. The van der Waals surface area contributed by atoms with Crippen LogP contribution in [0.2, 0.25) is 0 Å². The summed E-state index contributed by atoms with van der Waals surface area (Å²) in [5.74, 6) is 0.561. The van der Waals surface area contributed by atoms with Crippen LogP contribution < -0.4 is 5.73 Å². The van der Waals surface area contributed by atoms with E-state index in [-0.39, 0.29) is 0 Å². The fourth-order valence-electron chi connectivity index (χ4n) is 2.09. The van der Waals surface area contributed by atoms with Gasteiger partial charge in [-0.25, -0.2) is 9.97 Å². The van der Waals surface area contributed by atoms with Gasteiger partial charge in [0.05, 0.1) is 0 Å². The van der Waals surface area contributed by atoms with Gasteiger partial charge in [-0.1, -0.05) is 0 Å². The zero-order valence-corrected chi connectivity index (χ0v) is 12.0. The van der Waals surface area contributed by atoms with Crippen LogP contribution in [0.25, 0.3) is 11.2 Å². The summed E-state index contributed by atoms with van der Waals surface area (Å²) in [4.78, 5) is 11.0. The van der Waals surface area contributed by atoms with Crippen molar-refractivity contribution in [3.63, 3.8) is 0 Å². The van der Waals surface area contributed by atoms with Crippen molar-refractivity contribution < 1.29 is 0 Å². The Labute approximate surface area is 114 Å². The average molecular weight is 261 g/mol. The second-order valence-electron chi connectivity index (χ2n) is 5.25. The summed E-state index contributed by atoms with van der Waals surface area (Å²) in [5.41, 5.74) is 7.71. The Morgan fingerprint density at radius 1 is 1.37 bits per heavy atom. The van der Waals surface area contributed by atoms with Crippen LogP contribution in [0.1, 0.15) is 26.7 Å². The van der Waals surface area contributed by atoms with Crippen molar-refractivity contribution in [2.75, 3.05) is 19.3 Å². The van der Waals surface area contributed by atoms with E-state index in [2.05, 4.69) is 35.8 Å². The largest absolute Gasteiger partial charge is 0.369 e. The number of nitrogens with two attached hydrogens (primary N) is 1. The Bertz CT molecular complexity index is 532. The molecule has 2 heterocycles. The molecule has 0 aromatic carbocycles. The predicted octanol–water partition coefficient (Wildman–Crippen LogP) is 2.13. The maximum Gasteiger partial charge on any atom is 0.202 e. The first-order valence-electron chi connectivity index (χ1n) is 6.86. The number of nitrogens with zero attached hydrogens (tertiary/aromatic N) is 4. The molecular weight excluding hydrogens is 238 g/mol. The second kappa shape index (κ2) is 6.02. The molecule has 2 N–H and O–H groups in total. The number of hydrogen-bond acceptors (Lipinski definition) is 4. The topological polar surface area (TPSA) is 60.0 Å². The number of imidazole rings is 1. The summed E-state index contributed by atoms with van der Waals surface area (Å²) in [6.45, 7) is 6.42. The van der Waals surface area contributed by atoms with E-state index >= 15 is 0 Å². The third-order valence-corrected chi connectivity index (χ3v) is 3.56. The zero-order valence-electron chi connectivity index (χ0n) is 12.0. The molecule has 2 aromatic rings. The van der Waals surface area contributed by atoms with Crippen LogP contribution in [0.4, 0.5) is 5.95 Å². The van der Waals surface area contributed by atoms with Gasteiger partial charge in [0.15, 0.2) is 5.65 Å². The summed E-state index contributed by atoms with van der Waals surface area (Å²) in [6.07, 6.45) is 4.02. The molecule has 19 heavy (non-hydrogen) atoms. The van der Waals surface area contributed by atoms with E-state index in [1.807, 2.05) is 16.7 Å². The van der Waals surface area contributed by atoms with E-state index in [9.17, 15) is 0 Å². The average Bonchev–Trinajstić information content (AvgIpc) is 2.70. The highest BCUT2D eigenvalue weighted by atomic mass is 15.2. The van der Waals surface area contributed by atoms with Crippen LogP contribution in [-0.4, -0.2) is 39.1 Å². The lowest BCUT2D eigenvalue weighted by molar-refractivity contribution is 0.266. The number of aryl methyl sites for hydroxylation is 1. The van der Waals surface area contributed by atoms with Crippen molar-refractivity contribution in [3.05, 3.63) is 18.3 Å². The molecule has 0 spiro atoms. The maximum absolute atomic E-state index is 5.95. The normalized spacial score (nSPS) is 11.8. The molecule has 0 bridgehead atoms. The van der Waals surface area contributed by atoms with Crippen molar-refractivity contribution in [2.24, 2.45) is 0 Å². The molecule has 0 amide bonds. The quantitative estimate of drug-likeness (QED) is 0.809. The molecule has 0 radical (unpaired) electrons. The number of anilines is 1. The van der Waals surface area contributed by atoms with Gasteiger partial charge >= 0.3 is 0 Å². The molecule has 0 aliphatic rings. The molecule has 0 unspecified atom stereocenters. The highest BCUT2D eigenvalue weighted by Crippen LogP contribution is 2.15. The molecule has 0 fully saturated rings. The number of fused-ring (bicyclic) bond motifs is 1. The number of aromatic nitrogens is 3. The summed E-state index contributed by atoms with van der Waals surface area (Å²) >= 11 is 0. The van der Waals surface area contributed by atoms with Gasteiger partial charge < -0.3 is 10.6 Å². The van der Waals surface area contributed by atoms with Crippen LogP contribution in [0.5, 0.6) is 0 Å². The number of nitrogen functional groups attached to an aromatic ring is 1. The molecule has 0 aliphatic heterocycles. The lowest BCUT2D eigenvalue weighted by Gasteiger charge is -2.20. The minimum atomic E-state index is 0.561. The Hall–Kier alpha value is -1.62. The fourth-order valence-corrected chi connectivity index (χ4v) is 2.09. The Balaban J connectivity index is 1.93. The van der Waals surface area contributed by atoms with Crippen molar-refractivity contribution in [3.8, 4) is 0 Å². The van der Waals surface area contributed by atoms with Gasteiger partial charge in [-0.2, -0.15) is 0 Å². The van der Waals surface area contributed by atoms with Gasteiger partial charge in [-0.3, -0.25) is 4.57 Å². The molecule has 5 nitrogen and oxygen atoms in total. The smallest absolute Gasteiger partial charge is 0.202 e. The van der Waals surface area contributed by atoms with Crippen LogP contribution in [0.15, 0.2) is 18.3 Å². The molecule has 0 saturated heterocycles. The van der Waals surface area contributed by atoms with E-state index in [4.69, 9.17) is 5.73 Å². The summed E-state index contributed by atoms with van der Waals surface area (Å²) in [7, 11) is 2.16. The van der Waals surface area contributed by atoms with Gasteiger partial charge in [-0.05, 0) is 52.4 Å². The van der Waals surface area contributed by atoms with Crippen molar-refractivity contribution in [1.82, 2.24) is 19.4 Å². The van der Waals surface area contributed by atoms with Gasteiger partial charge in [0.1, 0.15) is 5.52 Å². The van der Waals surface area contributed by atoms with E-state index in [1.165, 1.54) is 0 Å². The second-order valence-corrected chi connectivity index (χ2v) is 5.25. The first-order chi connectivity index (χ1) is 9.09. The lowest BCUT2D eigenvalue weighted by Crippen LogP contribution is -2.27. The van der Waals surface area contributed by atoms with Crippen LogP contribution in [0, 0.1) is 0 Å². The van der Waals surface area contributed by atoms with Gasteiger partial charge in [0, 0.05) is 18.8 Å². The molecule has 2 rings (SSSR count). The van der Waals surface area contributed by atoms with Gasteiger partial charge in [0.25, 0.3) is 0 Å². The summed E-state index contributed by atoms with van der Waals surface area (Å²) in [5, 5.41) is 0. The SMILES string of the molecule is CC(C)N(C)CCCCn1c(N)nc2cccnc21. The van der Waals surface area contributed by atoms with Crippen LogP contribution in [0.3, 0.4) is 0 Å². The Morgan fingerprint density at radius 3 is 2.89 bits per heavy atom. The predicted molar refractivity (Wildman–Crippen MR) is 78.9 cm³/mol. The molecule has 0 aliphatic carbocycles. The highest BCUT2D eigenvalue weighted by molar-refractivity contribution is 5.73. The summed E-state index contributed by atoms with van der Waals surface area (Å²) in [6, 6.07) is 4.43. The van der Waals surface area contributed by atoms with Crippen LogP contribution >= 0.6 is 0 Å². The first-order valence-corrected chi connectivity index (χ1v) is 6.86. The molecule has 2 aromatic heterocycles. The van der Waals surface area contributed by atoms with Crippen molar-refractivity contribution in [2.45, 2.75) is 39.3 Å². The Kier molecular flexibility index (Phi) is 4.37. The summed E-state index contributed by atoms with van der Waals surface area (Å²) < 4.78 is 2.00. The van der Waals surface area contributed by atoms with Crippen molar-refractivity contribution >= 4 is 17.1 Å². The highest BCUT2D eigenvalue weighted by Gasteiger charge is 2.08. The standard InChI is InChI=1S/C14H23N5/c1-11(2)18(3)9-4-5-10-19-13-12(17-14(19)15)7-6-8-16-13/h6-8,11H,4-5,9-10H2,1-3H3,(H2,15,17). The molecular formula is C14H23N5. The van der Waals surface area contributed by atoms with E-state index < -0.39 is 0 Å². The van der Waals surface area contributed by atoms with Gasteiger partial charge in [-0.15, -0.1) is 0 Å². The third-order valence-electron chi connectivity index (χ3n) is 3.56. The lowest BCUT2D eigenvalue weighted by atomic mass is 10.2. The molecule has 5 heteroatoms. The van der Waals surface area contributed by atoms with E-state index in [0.29, 0.717) is 12.0 Å². The number of rotatable bonds is 6. The van der Waals surface area contributed by atoms with Gasteiger partial charge in [0.2, 0.25) is 5.95 Å². The minimum Gasteiger partial charge on any atom is -0.369 e. The molecule has 0 saturated carbocycles.